The van der Waals surface area contributed by atoms with Gasteiger partial charge in [-0.1, -0.05) is 15.9 Å². The van der Waals surface area contributed by atoms with Gasteiger partial charge in [0, 0.05) is 34.0 Å². The van der Waals surface area contributed by atoms with Crippen LogP contribution in [0.15, 0.2) is 28.7 Å². The third-order valence-electron chi connectivity index (χ3n) is 3.80. The Bertz CT molecular complexity index is 538. The van der Waals surface area contributed by atoms with Crippen LogP contribution in [0.1, 0.15) is 24.5 Å². The summed E-state index contributed by atoms with van der Waals surface area (Å²) in [5.41, 5.74) is 2.82. The third-order valence-corrected chi connectivity index (χ3v) is 4.29. The van der Waals surface area contributed by atoms with Gasteiger partial charge in [-0.05, 0) is 50.2 Å². The van der Waals surface area contributed by atoms with E-state index in [0.717, 1.165) is 17.6 Å². The zero-order valence-electron chi connectivity index (χ0n) is 10.0. The second kappa shape index (κ2) is 4.46. The highest BCUT2D eigenvalue weighted by atomic mass is 79.9. The van der Waals surface area contributed by atoms with E-state index in [1.807, 2.05) is 0 Å². The van der Waals surface area contributed by atoms with Gasteiger partial charge in [-0.25, -0.2) is 0 Å². The van der Waals surface area contributed by atoms with Gasteiger partial charge in [0.25, 0.3) is 0 Å². The molecule has 0 unspecified atom stereocenters. The number of rotatable bonds is 1. The van der Waals surface area contributed by atoms with Crippen molar-refractivity contribution >= 4 is 26.8 Å². The number of benzene rings is 1. The molecule has 1 N–H and O–H groups in total. The van der Waals surface area contributed by atoms with Gasteiger partial charge in [0.2, 0.25) is 0 Å². The van der Waals surface area contributed by atoms with Crippen LogP contribution in [0.4, 0.5) is 0 Å². The quantitative estimate of drug-likeness (QED) is 0.852. The normalized spacial score (nSPS) is 17.8. The lowest BCUT2D eigenvalue weighted by atomic mass is 9.94. The molecule has 0 saturated carbocycles. The second-order valence-corrected chi connectivity index (χ2v) is 5.77. The lowest BCUT2D eigenvalue weighted by molar-refractivity contribution is 0.447. The summed E-state index contributed by atoms with van der Waals surface area (Å²) in [6.45, 7) is 2.30. The highest BCUT2D eigenvalue weighted by molar-refractivity contribution is 9.10. The zero-order chi connectivity index (χ0) is 11.8. The van der Waals surface area contributed by atoms with Crippen LogP contribution in [0.25, 0.3) is 10.9 Å². The fourth-order valence-electron chi connectivity index (χ4n) is 2.85. The summed E-state index contributed by atoms with van der Waals surface area (Å²) in [6.07, 6.45) is 2.51. The molecule has 1 aromatic heterocycles. The minimum atomic E-state index is 0.715. The topological polar surface area (TPSA) is 17.0 Å². The average Bonchev–Trinajstić information content (AvgIpc) is 2.67. The maximum Gasteiger partial charge on any atom is 0.0480 e. The molecule has 1 fully saturated rings. The van der Waals surface area contributed by atoms with Crippen molar-refractivity contribution in [1.29, 1.82) is 0 Å². The van der Waals surface area contributed by atoms with Crippen LogP contribution in [-0.4, -0.2) is 17.7 Å². The van der Waals surface area contributed by atoms with E-state index in [-0.39, 0.29) is 0 Å². The average molecular weight is 293 g/mol. The molecule has 2 heterocycles. The van der Waals surface area contributed by atoms with Crippen molar-refractivity contribution in [1.82, 2.24) is 9.88 Å². The molecular formula is C14H17BrN2. The van der Waals surface area contributed by atoms with Crippen molar-refractivity contribution in [2.75, 3.05) is 13.1 Å². The summed E-state index contributed by atoms with van der Waals surface area (Å²) in [5, 5.41) is 4.77. The summed E-state index contributed by atoms with van der Waals surface area (Å²) in [4.78, 5) is 0. The minimum Gasteiger partial charge on any atom is -0.347 e. The molecule has 1 saturated heterocycles. The van der Waals surface area contributed by atoms with Crippen LogP contribution in [0.5, 0.6) is 0 Å². The van der Waals surface area contributed by atoms with Gasteiger partial charge in [-0.15, -0.1) is 0 Å². The molecule has 17 heavy (non-hydrogen) atoms. The van der Waals surface area contributed by atoms with Crippen molar-refractivity contribution < 1.29 is 0 Å². The highest BCUT2D eigenvalue weighted by Crippen LogP contribution is 2.31. The van der Waals surface area contributed by atoms with Crippen molar-refractivity contribution in [3.05, 3.63) is 34.4 Å². The summed E-state index contributed by atoms with van der Waals surface area (Å²) in [5.74, 6) is 0.715. The van der Waals surface area contributed by atoms with E-state index in [1.165, 1.54) is 29.4 Å². The second-order valence-electron chi connectivity index (χ2n) is 4.86. The molecule has 3 heteroatoms. The summed E-state index contributed by atoms with van der Waals surface area (Å²) in [7, 11) is 2.19. The summed E-state index contributed by atoms with van der Waals surface area (Å²) in [6, 6.07) is 8.88. The lowest BCUT2D eigenvalue weighted by Crippen LogP contribution is -2.27. The van der Waals surface area contributed by atoms with Crippen LogP contribution < -0.4 is 5.32 Å². The molecule has 0 aliphatic carbocycles. The van der Waals surface area contributed by atoms with E-state index < -0.39 is 0 Å². The Hall–Kier alpha value is -0.800. The Morgan fingerprint density at radius 1 is 1.24 bits per heavy atom. The molecule has 1 aromatic carbocycles. The highest BCUT2D eigenvalue weighted by Gasteiger charge is 2.19. The largest absolute Gasteiger partial charge is 0.347 e. The molecule has 1 aliphatic rings. The molecule has 2 nitrogen and oxygen atoms in total. The molecule has 3 rings (SSSR count). The molecule has 1 aliphatic heterocycles. The van der Waals surface area contributed by atoms with Gasteiger partial charge in [0.15, 0.2) is 0 Å². The first-order valence-corrected chi connectivity index (χ1v) is 7.00. The maximum atomic E-state index is 3.54. The number of nitrogens with one attached hydrogen (secondary N) is 1. The number of halogens is 1. The number of hydrogen-bond acceptors (Lipinski definition) is 1. The van der Waals surface area contributed by atoms with Gasteiger partial charge in [-0.2, -0.15) is 0 Å². The molecule has 90 valence electrons. The number of fused-ring (bicyclic) bond motifs is 1. The summed E-state index contributed by atoms with van der Waals surface area (Å²) < 4.78 is 3.52. The van der Waals surface area contributed by atoms with E-state index >= 15 is 0 Å². The molecule has 0 radical (unpaired) electrons. The van der Waals surface area contributed by atoms with Crippen molar-refractivity contribution in [2.45, 2.75) is 18.8 Å². The predicted octanol–water partition coefficient (Wildman–Crippen LogP) is 3.41. The van der Waals surface area contributed by atoms with Crippen LogP contribution in [-0.2, 0) is 7.05 Å². The van der Waals surface area contributed by atoms with Crippen LogP contribution >= 0.6 is 15.9 Å². The van der Waals surface area contributed by atoms with Crippen molar-refractivity contribution in [3.63, 3.8) is 0 Å². The van der Waals surface area contributed by atoms with Gasteiger partial charge < -0.3 is 9.88 Å². The number of aromatic nitrogens is 1. The Labute approximate surface area is 110 Å². The van der Waals surface area contributed by atoms with Gasteiger partial charge in [0.1, 0.15) is 0 Å². The van der Waals surface area contributed by atoms with Gasteiger partial charge in [-0.3, -0.25) is 0 Å². The van der Waals surface area contributed by atoms with Crippen LogP contribution in [0.2, 0.25) is 0 Å². The SMILES string of the molecule is Cn1c(C2CCNCC2)cc2cc(Br)ccc21. The predicted molar refractivity (Wildman–Crippen MR) is 75.5 cm³/mol. The molecule has 0 bridgehead atoms. The van der Waals surface area contributed by atoms with E-state index in [9.17, 15) is 0 Å². The Kier molecular flexibility index (Phi) is 2.97. The Morgan fingerprint density at radius 3 is 2.76 bits per heavy atom. The molecule has 0 atom stereocenters. The number of aryl methyl sites for hydroxylation is 1. The van der Waals surface area contributed by atoms with Crippen molar-refractivity contribution in [3.8, 4) is 0 Å². The Morgan fingerprint density at radius 2 is 2.00 bits per heavy atom. The number of hydrogen-bond donors (Lipinski definition) is 1. The monoisotopic (exact) mass is 292 g/mol. The Balaban J connectivity index is 2.07. The fourth-order valence-corrected chi connectivity index (χ4v) is 3.23. The molecular weight excluding hydrogens is 276 g/mol. The maximum absolute atomic E-state index is 3.54. The van der Waals surface area contributed by atoms with E-state index in [4.69, 9.17) is 0 Å². The summed E-state index contributed by atoms with van der Waals surface area (Å²) >= 11 is 3.54. The van der Waals surface area contributed by atoms with E-state index in [2.05, 4.69) is 57.1 Å². The first kappa shape index (κ1) is 11.3. The zero-order valence-corrected chi connectivity index (χ0v) is 11.6. The number of nitrogens with zero attached hydrogens (tertiary/aromatic N) is 1. The molecule has 0 amide bonds. The molecule has 0 spiro atoms. The van der Waals surface area contributed by atoms with Crippen LogP contribution in [0.3, 0.4) is 0 Å². The van der Waals surface area contributed by atoms with Gasteiger partial charge in [0.05, 0.1) is 0 Å². The van der Waals surface area contributed by atoms with E-state index in [1.54, 1.807) is 0 Å². The minimum absolute atomic E-state index is 0.715. The van der Waals surface area contributed by atoms with E-state index in [0.29, 0.717) is 5.92 Å². The lowest BCUT2D eigenvalue weighted by Gasteiger charge is -2.23. The van der Waals surface area contributed by atoms with Crippen LogP contribution in [0, 0.1) is 0 Å². The standard InChI is InChI=1S/C14H17BrN2/c1-17-13-3-2-12(15)8-11(13)9-14(17)10-4-6-16-7-5-10/h2-3,8-10,16H,4-7H2,1H3. The number of piperidine rings is 1. The molecule has 2 aromatic rings. The smallest absolute Gasteiger partial charge is 0.0480 e. The van der Waals surface area contributed by atoms with Gasteiger partial charge >= 0.3 is 0 Å². The first-order valence-electron chi connectivity index (χ1n) is 6.21. The fraction of sp³-hybridized carbons (Fsp3) is 0.429. The first-order chi connectivity index (χ1) is 8.25. The third kappa shape index (κ3) is 2.02. The van der Waals surface area contributed by atoms with Crippen molar-refractivity contribution in [2.24, 2.45) is 7.05 Å².